The van der Waals surface area contributed by atoms with Crippen LogP contribution in [0.3, 0.4) is 0 Å². The summed E-state index contributed by atoms with van der Waals surface area (Å²) in [6.45, 7) is 2.62. The number of pyridine rings is 1. The molecule has 19 heavy (non-hydrogen) atoms. The Hall–Kier alpha value is -2.56. The first kappa shape index (κ1) is 11.5. The van der Waals surface area contributed by atoms with Crippen molar-refractivity contribution in [1.82, 2.24) is 20.2 Å². The molecule has 0 amide bonds. The van der Waals surface area contributed by atoms with Gasteiger partial charge in [-0.25, -0.2) is 4.98 Å². The molecule has 0 aliphatic carbocycles. The Kier molecular flexibility index (Phi) is 3.02. The first-order valence-electron chi connectivity index (χ1n) is 6.07. The maximum absolute atomic E-state index is 4.41. The number of aryl methyl sites for hydroxylation is 1. The minimum Gasteiger partial charge on any atom is -0.347 e. The monoisotopic (exact) mass is 251 g/mol. The molecular weight excluding hydrogens is 238 g/mol. The van der Waals surface area contributed by atoms with E-state index in [2.05, 4.69) is 25.5 Å². The first-order chi connectivity index (χ1) is 9.33. The normalized spacial score (nSPS) is 10.6. The van der Waals surface area contributed by atoms with E-state index >= 15 is 0 Å². The summed E-state index contributed by atoms with van der Waals surface area (Å²) in [5.74, 6) is 0.517. The lowest BCUT2D eigenvalue weighted by molar-refractivity contribution is 0.952. The molecule has 1 N–H and O–H groups in total. The van der Waals surface area contributed by atoms with Crippen LogP contribution in [0.15, 0.2) is 42.6 Å². The molecule has 0 saturated carbocycles. The van der Waals surface area contributed by atoms with Gasteiger partial charge in [0, 0.05) is 6.20 Å². The van der Waals surface area contributed by atoms with Crippen molar-refractivity contribution in [3.63, 3.8) is 0 Å². The molecule has 0 aliphatic heterocycles. The van der Waals surface area contributed by atoms with Crippen LogP contribution in [0.5, 0.6) is 0 Å². The molecule has 94 valence electrons. The largest absolute Gasteiger partial charge is 0.347 e. The fraction of sp³-hybridized carbons (Fsp3) is 0.143. The van der Waals surface area contributed by atoms with Crippen molar-refractivity contribution < 1.29 is 0 Å². The van der Waals surface area contributed by atoms with Crippen molar-refractivity contribution in [2.45, 2.75) is 13.5 Å². The van der Waals surface area contributed by atoms with Crippen molar-refractivity contribution >= 4 is 17.0 Å². The van der Waals surface area contributed by atoms with Crippen LogP contribution in [0.1, 0.15) is 11.3 Å². The fourth-order valence-corrected chi connectivity index (χ4v) is 1.82. The van der Waals surface area contributed by atoms with Crippen molar-refractivity contribution in [3.05, 3.63) is 53.9 Å². The lowest BCUT2D eigenvalue weighted by Crippen LogP contribution is -2.07. The molecule has 3 rings (SSSR count). The molecule has 0 radical (unpaired) electrons. The Morgan fingerprint density at radius 1 is 1.00 bits per heavy atom. The van der Waals surface area contributed by atoms with Crippen LogP contribution in [-0.2, 0) is 6.54 Å². The van der Waals surface area contributed by atoms with Gasteiger partial charge in [0.05, 0.1) is 17.8 Å². The summed E-state index contributed by atoms with van der Waals surface area (Å²) in [6, 6.07) is 11.6. The lowest BCUT2D eigenvalue weighted by Gasteiger charge is -2.06. The Bertz CT molecular complexity index is 711. The van der Waals surface area contributed by atoms with Crippen LogP contribution in [0.4, 0.5) is 5.95 Å². The number of anilines is 1. The number of rotatable bonds is 3. The summed E-state index contributed by atoms with van der Waals surface area (Å²) < 4.78 is 0. The van der Waals surface area contributed by atoms with E-state index in [1.54, 1.807) is 6.20 Å². The molecule has 0 bridgehead atoms. The quantitative estimate of drug-likeness (QED) is 0.774. The van der Waals surface area contributed by atoms with Gasteiger partial charge in [0.15, 0.2) is 0 Å². The predicted molar refractivity (Wildman–Crippen MR) is 73.6 cm³/mol. The number of fused-ring (bicyclic) bond motifs is 1. The molecule has 0 aliphatic rings. The average molecular weight is 251 g/mol. The number of benzene rings is 1. The second-order valence-electron chi connectivity index (χ2n) is 4.24. The van der Waals surface area contributed by atoms with Gasteiger partial charge < -0.3 is 5.32 Å². The van der Waals surface area contributed by atoms with Crippen molar-refractivity contribution in [1.29, 1.82) is 0 Å². The maximum atomic E-state index is 4.41. The lowest BCUT2D eigenvalue weighted by atomic mass is 10.2. The highest BCUT2D eigenvalue weighted by molar-refractivity contribution is 5.73. The highest BCUT2D eigenvalue weighted by Gasteiger charge is 2.02. The molecule has 0 spiro atoms. The molecule has 5 heteroatoms. The number of hydrogen-bond acceptors (Lipinski definition) is 5. The van der Waals surface area contributed by atoms with E-state index in [4.69, 9.17) is 0 Å². The zero-order chi connectivity index (χ0) is 13.1. The molecule has 1 aromatic carbocycles. The van der Waals surface area contributed by atoms with Crippen LogP contribution >= 0.6 is 0 Å². The standard InChI is InChI=1S/C14H13N5/c1-10-5-4-8-15-13(10)9-16-14-17-11-6-2-3-7-12(11)18-19-14/h2-8H,9H2,1H3,(H,16,17,19). The van der Waals surface area contributed by atoms with Gasteiger partial charge in [-0.05, 0) is 30.7 Å². The number of para-hydroxylation sites is 1. The molecule has 5 nitrogen and oxygen atoms in total. The summed E-state index contributed by atoms with van der Waals surface area (Å²) in [4.78, 5) is 8.72. The van der Waals surface area contributed by atoms with Crippen LogP contribution in [0, 0.1) is 6.92 Å². The van der Waals surface area contributed by atoms with Gasteiger partial charge in [-0.2, -0.15) is 0 Å². The van der Waals surface area contributed by atoms with Gasteiger partial charge in [-0.3, -0.25) is 4.98 Å². The highest BCUT2D eigenvalue weighted by Crippen LogP contribution is 2.10. The summed E-state index contributed by atoms with van der Waals surface area (Å²) in [5, 5.41) is 11.3. The summed E-state index contributed by atoms with van der Waals surface area (Å²) >= 11 is 0. The van der Waals surface area contributed by atoms with Crippen molar-refractivity contribution in [2.24, 2.45) is 0 Å². The molecule has 2 aromatic heterocycles. The Morgan fingerprint density at radius 2 is 1.84 bits per heavy atom. The first-order valence-corrected chi connectivity index (χ1v) is 6.07. The Balaban J connectivity index is 1.80. The zero-order valence-electron chi connectivity index (χ0n) is 10.5. The van der Waals surface area contributed by atoms with Gasteiger partial charge in [-0.1, -0.05) is 18.2 Å². The van der Waals surface area contributed by atoms with Gasteiger partial charge in [0.25, 0.3) is 0 Å². The van der Waals surface area contributed by atoms with E-state index in [0.717, 1.165) is 22.3 Å². The van der Waals surface area contributed by atoms with Gasteiger partial charge in [0.2, 0.25) is 5.95 Å². The third-order valence-corrected chi connectivity index (χ3v) is 2.89. The van der Waals surface area contributed by atoms with Crippen molar-refractivity contribution in [3.8, 4) is 0 Å². The summed E-state index contributed by atoms with van der Waals surface area (Å²) in [6.07, 6.45) is 1.78. The molecule has 0 atom stereocenters. The maximum Gasteiger partial charge on any atom is 0.243 e. The zero-order valence-corrected chi connectivity index (χ0v) is 10.5. The van der Waals surface area contributed by atoms with Crippen molar-refractivity contribution in [2.75, 3.05) is 5.32 Å². The molecular formula is C14H13N5. The van der Waals surface area contributed by atoms with E-state index in [0.29, 0.717) is 12.5 Å². The molecule has 0 saturated heterocycles. The SMILES string of the molecule is Cc1cccnc1CNc1nnc2ccccc2n1. The second kappa shape index (κ2) is 4.97. The predicted octanol–water partition coefficient (Wildman–Crippen LogP) is 2.34. The second-order valence-corrected chi connectivity index (χ2v) is 4.24. The smallest absolute Gasteiger partial charge is 0.243 e. The minimum atomic E-state index is 0.517. The number of nitrogens with one attached hydrogen (secondary N) is 1. The van der Waals surface area contributed by atoms with Gasteiger partial charge in [-0.15, -0.1) is 10.2 Å². The topological polar surface area (TPSA) is 63.6 Å². The fourth-order valence-electron chi connectivity index (χ4n) is 1.82. The molecule has 3 aromatic rings. The average Bonchev–Trinajstić information content (AvgIpc) is 2.46. The Labute approximate surface area is 110 Å². The van der Waals surface area contributed by atoms with Gasteiger partial charge >= 0.3 is 0 Å². The highest BCUT2D eigenvalue weighted by atomic mass is 15.2. The third-order valence-electron chi connectivity index (χ3n) is 2.89. The van der Waals surface area contributed by atoms with Gasteiger partial charge in [0.1, 0.15) is 5.52 Å². The van der Waals surface area contributed by atoms with Crippen LogP contribution < -0.4 is 5.32 Å². The summed E-state index contributed by atoms with van der Waals surface area (Å²) in [7, 11) is 0. The van der Waals surface area contributed by atoms with E-state index in [1.165, 1.54) is 0 Å². The number of nitrogens with zero attached hydrogens (tertiary/aromatic N) is 4. The van der Waals surface area contributed by atoms with Crippen LogP contribution in [-0.4, -0.2) is 20.2 Å². The molecule has 0 unspecified atom stereocenters. The summed E-state index contributed by atoms with van der Waals surface area (Å²) in [5.41, 5.74) is 3.75. The third kappa shape index (κ3) is 2.49. The molecule has 0 fully saturated rings. The van der Waals surface area contributed by atoms with E-state index < -0.39 is 0 Å². The molecule has 2 heterocycles. The number of hydrogen-bond donors (Lipinski definition) is 1. The Morgan fingerprint density at radius 3 is 2.68 bits per heavy atom. The van der Waals surface area contributed by atoms with E-state index in [-0.39, 0.29) is 0 Å². The van der Waals surface area contributed by atoms with E-state index in [1.807, 2.05) is 43.3 Å². The van der Waals surface area contributed by atoms with Crippen LogP contribution in [0.25, 0.3) is 11.0 Å². The number of aromatic nitrogens is 4. The van der Waals surface area contributed by atoms with Crippen LogP contribution in [0.2, 0.25) is 0 Å². The van der Waals surface area contributed by atoms with E-state index in [9.17, 15) is 0 Å². The minimum absolute atomic E-state index is 0.517.